The van der Waals surface area contributed by atoms with Crippen molar-refractivity contribution in [3.05, 3.63) is 53.7 Å². The zero-order valence-corrected chi connectivity index (χ0v) is 11.3. The molecule has 0 aliphatic heterocycles. The molecule has 0 aliphatic rings. The Balaban J connectivity index is 2.08. The third-order valence-electron chi connectivity index (χ3n) is 2.78. The van der Waals surface area contributed by atoms with Crippen LogP contribution in [0.3, 0.4) is 0 Å². The molecule has 0 bridgehead atoms. The predicted molar refractivity (Wildman–Crippen MR) is 77.7 cm³/mol. The van der Waals surface area contributed by atoms with Gasteiger partial charge in [0.2, 0.25) is 0 Å². The van der Waals surface area contributed by atoms with Gasteiger partial charge in [-0.05, 0) is 31.2 Å². The number of carbonyl (C=O) groups excluding carboxylic acids is 1. The van der Waals surface area contributed by atoms with Crippen molar-refractivity contribution in [2.45, 2.75) is 6.92 Å². The van der Waals surface area contributed by atoms with Crippen molar-refractivity contribution in [1.29, 1.82) is 0 Å². The third-order valence-corrected chi connectivity index (χ3v) is 2.78. The molecule has 0 atom stereocenters. The molecule has 1 amide bonds. The maximum Gasteiger partial charge on any atom is 0.255 e. The van der Waals surface area contributed by atoms with Crippen LogP contribution in [0.15, 0.2) is 42.6 Å². The highest BCUT2D eigenvalue weighted by Gasteiger charge is 2.06. The van der Waals surface area contributed by atoms with Gasteiger partial charge in [0.25, 0.3) is 5.91 Å². The molecular weight excluding hydrogens is 238 g/mol. The summed E-state index contributed by atoms with van der Waals surface area (Å²) in [4.78, 5) is 18.2. The average molecular weight is 255 g/mol. The van der Waals surface area contributed by atoms with Gasteiger partial charge < -0.3 is 10.2 Å². The van der Waals surface area contributed by atoms with Crippen LogP contribution in [0.25, 0.3) is 0 Å². The first-order chi connectivity index (χ1) is 9.06. The zero-order chi connectivity index (χ0) is 13.8. The van der Waals surface area contributed by atoms with Gasteiger partial charge in [0.05, 0.1) is 11.9 Å². The lowest BCUT2D eigenvalue weighted by Crippen LogP contribution is -2.13. The van der Waals surface area contributed by atoms with E-state index in [0.29, 0.717) is 11.3 Å². The van der Waals surface area contributed by atoms with E-state index in [4.69, 9.17) is 0 Å². The smallest absolute Gasteiger partial charge is 0.255 e. The molecule has 0 saturated carbocycles. The van der Waals surface area contributed by atoms with E-state index in [1.165, 1.54) is 0 Å². The Hall–Kier alpha value is -2.36. The predicted octanol–water partition coefficient (Wildman–Crippen LogP) is 2.71. The molecule has 1 aromatic carbocycles. The second-order valence-corrected chi connectivity index (χ2v) is 4.62. The van der Waals surface area contributed by atoms with Gasteiger partial charge in [-0.25, -0.2) is 4.98 Å². The van der Waals surface area contributed by atoms with Crippen molar-refractivity contribution in [1.82, 2.24) is 4.98 Å². The number of anilines is 2. The van der Waals surface area contributed by atoms with Gasteiger partial charge in [0.15, 0.2) is 0 Å². The second-order valence-electron chi connectivity index (χ2n) is 4.62. The summed E-state index contributed by atoms with van der Waals surface area (Å²) in [6, 6.07) is 11.2. The summed E-state index contributed by atoms with van der Waals surface area (Å²) in [5.74, 6) is 0.729. The molecule has 98 valence electrons. The molecule has 19 heavy (non-hydrogen) atoms. The van der Waals surface area contributed by atoms with Crippen molar-refractivity contribution in [2.75, 3.05) is 24.3 Å². The highest BCUT2D eigenvalue weighted by Crippen LogP contribution is 2.13. The Bertz CT molecular complexity index is 559. The first-order valence-corrected chi connectivity index (χ1v) is 6.07. The first-order valence-electron chi connectivity index (χ1n) is 6.07. The fraction of sp³-hybridized carbons (Fsp3) is 0.200. The van der Waals surface area contributed by atoms with Crippen LogP contribution in [-0.4, -0.2) is 25.0 Å². The van der Waals surface area contributed by atoms with Crippen LogP contribution < -0.4 is 10.2 Å². The lowest BCUT2D eigenvalue weighted by atomic mass is 10.1. The fourth-order valence-electron chi connectivity index (χ4n) is 1.63. The third kappa shape index (κ3) is 3.31. The largest absolute Gasteiger partial charge is 0.363 e. The van der Waals surface area contributed by atoms with Gasteiger partial charge in [-0.3, -0.25) is 4.79 Å². The molecule has 1 heterocycles. The summed E-state index contributed by atoms with van der Waals surface area (Å²) in [6.07, 6.45) is 1.65. The summed E-state index contributed by atoms with van der Waals surface area (Å²) in [6.45, 7) is 1.99. The van der Waals surface area contributed by atoms with Gasteiger partial charge >= 0.3 is 0 Å². The fourth-order valence-corrected chi connectivity index (χ4v) is 1.63. The molecule has 0 fully saturated rings. The van der Waals surface area contributed by atoms with E-state index < -0.39 is 0 Å². The van der Waals surface area contributed by atoms with Crippen LogP contribution in [0.5, 0.6) is 0 Å². The van der Waals surface area contributed by atoms with Gasteiger partial charge in [-0.2, -0.15) is 0 Å². The van der Waals surface area contributed by atoms with Gasteiger partial charge in [0.1, 0.15) is 5.82 Å². The summed E-state index contributed by atoms with van der Waals surface area (Å²) < 4.78 is 0. The number of nitrogens with one attached hydrogen (secondary N) is 1. The molecule has 2 aromatic rings. The van der Waals surface area contributed by atoms with Crippen LogP contribution in [0.2, 0.25) is 0 Å². The molecular formula is C15H17N3O. The van der Waals surface area contributed by atoms with E-state index in [0.717, 1.165) is 11.4 Å². The number of amides is 1. The van der Waals surface area contributed by atoms with Crippen molar-refractivity contribution in [3.8, 4) is 0 Å². The van der Waals surface area contributed by atoms with E-state index in [-0.39, 0.29) is 5.91 Å². The number of hydrogen-bond acceptors (Lipinski definition) is 3. The average Bonchev–Trinajstić information content (AvgIpc) is 2.40. The lowest BCUT2D eigenvalue weighted by Gasteiger charge is -2.11. The molecule has 4 heteroatoms. The van der Waals surface area contributed by atoms with Crippen molar-refractivity contribution >= 4 is 17.4 Å². The number of hydrogen-bond donors (Lipinski definition) is 1. The lowest BCUT2D eigenvalue weighted by molar-refractivity contribution is 0.102. The molecule has 1 aromatic heterocycles. The van der Waals surface area contributed by atoms with E-state index in [1.54, 1.807) is 6.20 Å². The molecule has 0 unspecified atom stereocenters. The number of aryl methyl sites for hydroxylation is 1. The Morgan fingerprint density at radius 2 is 1.79 bits per heavy atom. The van der Waals surface area contributed by atoms with E-state index >= 15 is 0 Å². The van der Waals surface area contributed by atoms with Crippen LogP contribution in [0, 0.1) is 6.92 Å². The Morgan fingerprint density at radius 3 is 2.32 bits per heavy atom. The number of nitrogens with zero attached hydrogens (tertiary/aromatic N) is 2. The summed E-state index contributed by atoms with van der Waals surface area (Å²) in [5, 5.41) is 2.82. The van der Waals surface area contributed by atoms with E-state index in [2.05, 4.69) is 10.3 Å². The van der Waals surface area contributed by atoms with Crippen LogP contribution >= 0.6 is 0 Å². The minimum atomic E-state index is -0.126. The second kappa shape index (κ2) is 5.52. The van der Waals surface area contributed by atoms with E-state index in [9.17, 15) is 4.79 Å². The summed E-state index contributed by atoms with van der Waals surface area (Å²) in [5.41, 5.74) is 2.46. The summed E-state index contributed by atoms with van der Waals surface area (Å²) in [7, 11) is 3.85. The minimum Gasteiger partial charge on any atom is -0.363 e. The van der Waals surface area contributed by atoms with E-state index in [1.807, 2.05) is 62.3 Å². The maximum absolute atomic E-state index is 12.0. The maximum atomic E-state index is 12.0. The van der Waals surface area contributed by atoms with Gasteiger partial charge in [-0.1, -0.05) is 17.7 Å². The van der Waals surface area contributed by atoms with Crippen molar-refractivity contribution in [2.24, 2.45) is 0 Å². The van der Waals surface area contributed by atoms with Crippen LogP contribution in [0.1, 0.15) is 15.9 Å². The normalized spacial score (nSPS) is 10.1. The Morgan fingerprint density at radius 1 is 1.11 bits per heavy atom. The molecule has 4 nitrogen and oxygen atoms in total. The number of aromatic nitrogens is 1. The number of benzene rings is 1. The molecule has 0 radical (unpaired) electrons. The number of rotatable bonds is 3. The van der Waals surface area contributed by atoms with Crippen LogP contribution in [-0.2, 0) is 0 Å². The number of carbonyl (C=O) groups is 1. The zero-order valence-electron chi connectivity index (χ0n) is 11.3. The van der Waals surface area contributed by atoms with Gasteiger partial charge in [0, 0.05) is 19.7 Å². The molecule has 1 N–H and O–H groups in total. The Labute approximate surface area is 113 Å². The molecule has 0 aliphatic carbocycles. The molecule has 0 spiro atoms. The number of pyridine rings is 1. The molecule has 2 rings (SSSR count). The quantitative estimate of drug-likeness (QED) is 0.917. The highest BCUT2D eigenvalue weighted by molar-refractivity contribution is 6.04. The van der Waals surface area contributed by atoms with Gasteiger partial charge in [-0.15, -0.1) is 0 Å². The molecule has 0 saturated heterocycles. The van der Waals surface area contributed by atoms with Crippen LogP contribution in [0.4, 0.5) is 11.5 Å². The Kier molecular flexibility index (Phi) is 3.80. The topological polar surface area (TPSA) is 45.2 Å². The SMILES string of the molecule is Cc1ccc(C(=O)Nc2ccc(N(C)C)nc2)cc1. The summed E-state index contributed by atoms with van der Waals surface area (Å²) >= 11 is 0. The monoisotopic (exact) mass is 255 g/mol. The van der Waals surface area contributed by atoms with Crippen molar-refractivity contribution < 1.29 is 4.79 Å². The highest BCUT2D eigenvalue weighted by atomic mass is 16.1. The van der Waals surface area contributed by atoms with Crippen molar-refractivity contribution in [3.63, 3.8) is 0 Å². The first kappa shape index (κ1) is 13.1. The minimum absolute atomic E-state index is 0.126. The standard InChI is InChI=1S/C15H17N3O/c1-11-4-6-12(7-5-11)15(19)17-13-8-9-14(16-10-13)18(2)3/h4-10H,1-3H3,(H,17,19).